The van der Waals surface area contributed by atoms with E-state index in [9.17, 15) is 4.79 Å². The number of carbonyl (C=O) groups is 1. The lowest BCUT2D eigenvalue weighted by Gasteiger charge is -2.18. The van der Waals surface area contributed by atoms with Crippen LogP contribution in [0.25, 0.3) is 0 Å². The lowest BCUT2D eigenvalue weighted by atomic mass is 10.0. The first-order valence-corrected chi connectivity index (χ1v) is 6.23. The summed E-state index contributed by atoms with van der Waals surface area (Å²) in [5.74, 6) is 0.968. The number of benzene rings is 1. The third kappa shape index (κ3) is 2.82. The topological polar surface area (TPSA) is 50.4 Å². The molecule has 1 amide bonds. The quantitative estimate of drug-likeness (QED) is 0.843. The van der Waals surface area contributed by atoms with Crippen LogP contribution in [0.15, 0.2) is 18.2 Å². The molecule has 18 heavy (non-hydrogen) atoms. The van der Waals surface area contributed by atoms with E-state index in [4.69, 9.17) is 4.74 Å². The molecule has 0 bridgehead atoms. The van der Waals surface area contributed by atoms with Crippen LogP contribution in [0, 0.1) is 0 Å². The number of carbonyl (C=O) groups excluding carboxylic acids is 1. The molecule has 1 aromatic carbocycles. The summed E-state index contributed by atoms with van der Waals surface area (Å²) in [5, 5.41) is 5.70. The van der Waals surface area contributed by atoms with Gasteiger partial charge in [-0.15, -0.1) is 0 Å². The normalized spacial score (nSPS) is 15.9. The Hall–Kier alpha value is -1.55. The van der Waals surface area contributed by atoms with Gasteiger partial charge in [-0.05, 0) is 19.4 Å². The summed E-state index contributed by atoms with van der Waals surface area (Å²) in [4.78, 5) is 11.1. The van der Waals surface area contributed by atoms with E-state index < -0.39 is 0 Å². The molecule has 4 nitrogen and oxygen atoms in total. The van der Waals surface area contributed by atoms with E-state index in [1.54, 1.807) is 7.05 Å². The third-order valence-electron chi connectivity index (χ3n) is 3.05. The maximum absolute atomic E-state index is 11.1. The van der Waals surface area contributed by atoms with Crippen LogP contribution < -0.4 is 15.4 Å². The molecule has 0 fully saturated rings. The van der Waals surface area contributed by atoms with Crippen LogP contribution >= 0.6 is 0 Å². The minimum Gasteiger partial charge on any atom is -0.487 e. The van der Waals surface area contributed by atoms with Crippen LogP contribution in [0.3, 0.4) is 0 Å². The smallest absolute Gasteiger partial charge is 0.233 e. The highest BCUT2D eigenvalue weighted by Crippen LogP contribution is 2.37. The summed E-state index contributed by atoms with van der Waals surface area (Å²) < 4.78 is 5.97. The van der Waals surface area contributed by atoms with E-state index in [1.807, 2.05) is 12.1 Å². The van der Waals surface area contributed by atoms with Gasteiger partial charge in [0, 0.05) is 25.6 Å². The number of amides is 1. The molecule has 0 aliphatic carbocycles. The van der Waals surface area contributed by atoms with E-state index >= 15 is 0 Å². The van der Waals surface area contributed by atoms with E-state index in [0.29, 0.717) is 13.1 Å². The van der Waals surface area contributed by atoms with E-state index in [0.717, 1.165) is 17.7 Å². The Kier molecular flexibility index (Phi) is 3.57. The van der Waals surface area contributed by atoms with Crippen molar-refractivity contribution in [1.82, 2.24) is 10.6 Å². The highest BCUT2D eigenvalue weighted by atomic mass is 16.5. The Morgan fingerprint density at radius 3 is 2.94 bits per heavy atom. The van der Waals surface area contributed by atoms with Gasteiger partial charge in [-0.25, -0.2) is 0 Å². The Morgan fingerprint density at radius 2 is 2.22 bits per heavy atom. The number of ether oxygens (including phenoxy) is 1. The summed E-state index contributed by atoms with van der Waals surface area (Å²) in [7, 11) is 1.63. The van der Waals surface area contributed by atoms with Gasteiger partial charge in [0.05, 0.1) is 6.54 Å². The fourth-order valence-electron chi connectivity index (χ4n) is 2.22. The second-order valence-electron chi connectivity index (χ2n) is 5.22. The number of hydrogen-bond donors (Lipinski definition) is 2. The maximum atomic E-state index is 11.1. The largest absolute Gasteiger partial charge is 0.487 e. The number of fused-ring (bicyclic) bond motifs is 1. The van der Waals surface area contributed by atoms with Crippen LogP contribution in [0.2, 0.25) is 0 Å². The molecule has 0 atom stereocenters. The summed E-state index contributed by atoms with van der Waals surface area (Å²) in [6.45, 7) is 5.15. The monoisotopic (exact) mass is 248 g/mol. The van der Waals surface area contributed by atoms with Crippen molar-refractivity contribution >= 4 is 5.91 Å². The number of nitrogens with one attached hydrogen (secondary N) is 2. The molecule has 2 rings (SSSR count). The predicted molar refractivity (Wildman–Crippen MR) is 70.6 cm³/mol. The summed E-state index contributed by atoms with van der Waals surface area (Å²) >= 11 is 0. The molecule has 0 unspecified atom stereocenters. The van der Waals surface area contributed by atoms with Crippen LogP contribution in [0.4, 0.5) is 0 Å². The van der Waals surface area contributed by atoms with Crippen molar-refractivity contribution < 1.29 is 9.53 Å². The first-order valence-electron chi connectivity index (χ1n) is 6.23. The molecule has 0 aromatic heterocycles. The Labute approximate surface area is 108 Å². The molecule has 1 heterocycles. The molecule has 0 saturated carbocycles. The van der Waals surface area contributed by atoms with Gasteiger partial charge in [0.25, 0.3) is 0 Å². The molecule has 0 radical (unpaired) electrons. The van der Waals surface area contributed by atoms with Gasteiger partial charge >= 0.3 is 0 Å². The highest BCUT2D eigenvalue weighted by molar-refractivity contribution is 5.77. The number of para-hydroxylation sites is 1. The van der Waals surface area contributed by atoms with E-state index in [-0.39, 0.29) is 11.5 Å². The Bertz CT molecular complexity index is 455. The molecule has 0 saturated heterocycles. The molecular formula is C14H20N2O2. The first-order chi connectivity index (χ1) is 8.52. The predicted octanol–water partition coefficient (Wildman–Crippen LogP) is 1.24. The maximum Gasteiger partial charge on any atom is 0.233 e. The molecule has 98 valence electrons. The van der Waals surface area contributed by atoms with E-state index in [2.05, 4.69) is 30.5 Å². The van der Waals surface area contributed by atoms with Crippen molar-refractivity contribution in [1.29, 1.82) is 0 Å². The molecule has 1 aliphatic heterocycles. The SMILES string of the molecule is CNC(=O)CNCc1cccc2c1OC(C)(C)C2. The number of hydrogen-bond acceptors (Lipinski definition) is 3. The lowest BCUT2D eigenvalue weighted by Crippen LogP contribution is -2.31. The number of likely N-dealkylation sites (N-methyl/N-ethyl adjacent to an activating group) is 1. The minimum atomic E-state index is -0.126. The first kappa shape index (κ1) is 12.9. The minimum absolute atomic E-state index is 0.0103. The summed E-state index contributed by atoms with van der Waals surface area (Å²) in [6.07, 6.45) is 0.936. The van der Waals surface area contributed by atoms with Crippen molar-refractivity contribution in [2.75, 3.05) is 13.6 Å². The van der Waals surface area contributed by atoms with Crippen molar-refractivity contribution in [3.8, 4) is 5.75 Å². The molecule has 2 N–H and O–H groups in total. The van der Waals surface area contributed by atoms with Gasteiger partial charge in [0.15, 0.2) is 0 Å². The molecule has 0 spiro atoms. The average molecular weight is 248 g/mol. The average Bonchev–Trinajstić information content (AvgIpc) is 2.63. The Balaban J connectivity index is 2.03. The molecule has 1 aromatic rings. The third-order valence-corrected chi connectivity index (χ3v) is 3.05. The van der Waals surface area contributed by atoms with Crippen LogP contribution in [0.1, 0.15) is 25.0 Å². The molecule has 1 aliphatic rings. The lowest BCUT2D eigenvalue weighted by molar-refractivity contribution is -0.119. The fraction of sp³-hybridized carbons (Fsp3) is 0.500. The zero-order chi connectivity index (χ0) is 13.2. The van der Waals surface area contributed by atoms with Gasteiger partial charge in [0.1, 0.15) is 11.4 Å². The van der Waals surface area contributed by atoms with Crippen molar-refractivity contribution in [3.63, 3.8) is 0 Å². The van der Waals surface area contributed by atoms with Crippen LogP contribution in [-0.4, -0.2) is 25.1 Å². The van der Waals surface area contributed by atoms with Crippen molar-refractivity contribution in [3.05, 3.63) is 29.3 Å². The van der Waals surface area contributed by atoms with Gasteiger partial charge in [-0.2, -0.15) is 0 Å². The Morgan fingerprint density at radius 1 is 1.44 bits per heavy atom. The molecule has 4 heteroatoms. The fourth-order valence-corrected chi connectivity index (χ4v) is 2.22. The second-order valence-corrected chi connectivity index (χ2v) is 5.22. The standard InChI is InChI=1S/C14H20N2O2/c1-14(2)7-10-5-4-6-11(13(10)18-14)8-16-9-12(17)15-3/h4-6,16H,7-9H2,1-3H3,(H,15,17). The molecular weight excluding hydrogens is 228 g/mol. The van der Waals surface area contributed by atoms with Crippen LogP contribution in [0.5, 0.6) is 5.75 Å². The number of rotatable bonds is 4. The van der Waals surface area contributed by atoms with Gasteiger partial charge in [-0.3, -0.25) is 4.79 Å². The van der Waals surface area contributed by atoms with Gasteiger partial charge < -0.3 is 15.4 Å². The zero-order valence-electron chi connectivity index (χ0n) is 11.2. The second kappa shape index (κ2) is 4.98. The van der Waals surface area contributed by atoms with Crippen LogP contribution in [-0.2, 0) is 17.8 Å². The highest BCUT2D eigenvalue weighted by Gasteiger charge is 2.31. The van der Waals surface area contributed by atoms with Gasteiger partial charge in [0.2, 0.25) is 5.91 Å². The van der Waals surface area contributed by atoms with Crippen molar-refractivity contribution in [2.24, 2.45) is 0 Å². The summed E-state index contributed by atoms with van der Waals surface area (Å²) in [6, 6.07) is 6.18. The van der Waals surface area contributed by atoms with Crippen molar-refractivity contribution in [2.45, 2.75) is 32.4 Å². The zero-order valence-corrected chi connectivity index (χ0v) is 11.2. The van der Waals surface area contributed by atoms with Gasteiger partial charge in [-0.1, -0.05) is 18.2 Å². The summed E-state index contributed by atoms with van der Waals surface area (Å²) in [5.41, 5.74) is 2.24. The van der Waals surface area contributed by atoms with E-state index in [1.165, 1.54) is 5.56 Å².